The van der Waals surface area contributed by atoms with Gasteiger partial charge in [0.25, 0.3) is 5.91 Å². The van der Waals surface area contributed by atoms with E-state index in [1.54, 1.807) is 11.3 Å². The van der Waals surface area contributed by atoms with Crippen LogP contribution in [-0.4, -0.2) is 21.1 Å². The predicted octanol–water partition coefficient (Wildman–Crippen LogP) is 1.68. The van der Waals surface area contributed by atoms with Crippen molar-refractivity contribution in [3.63, 3.8) is 0 Å². The zero-order chi connectivity index (χ0) is 12.4. The summed E-state index contributed by atoms with van der Waals surface area (Å²) in [5, 5.41) is 11.3. The molecule has 0 radical (unpaired) electrons. The number of fused-ring (bicyclic) bond motifs is 1. The fourth-order valence-corrected chi connectivity index (χ4v) is 3.39. The van der Waals surface area contributed by atoms with Gasteiger partial charge in [-0.2, -0.15) is 5.10 Å². The van der Waals surface area contributed by atoms with E-state index >= 15 is 0 Å². The summed E-state index contributed by atoms with van der Waals surface area (Å²) in [6, 6.07) is 0. The molecule has 2 aromatic rings. The predicted molar refractivity (Wildman–Crippen MR) is 68.5 cm³/mol. The first-order chi connectivity index (χ1) is 8.84. The molecule has 0 fully saturated rings. The van der Waals surface area contributed by atoms with Gasteiger partial charge in [0.1, 0.15) is 12.2 Å². The number of H-pyrrole nitrogens is 1. The first kappa shape index (κ1) is 11.4. The number of rotatable bonds is 3. The lowest BCUT2D eigenvalue weighted by atomic mass is 9.96. The summed E-state index contributed by atoms with van der Waals surface area (Å²) in [5.74, 6) is 0.665. The molecule has 0 unspecified atom stereocenters. The van der Waals surface area contributed by atoms with Crippen LogP contribution in [0.1, 0.15) is 39.5 Å². The van der Waals surface area contributed by atoms with Crippen molar-refractivity contribution in [2.24, 2.45) is 0 Å². The Balaban J connectivity index is 1.70. The van der Waals surface area contributed by atoms with Crippen LogP contribution in [0.3, 0.4) is 0 Å². The van der Waals surface area contributed by atoms with Gasteiger partial charge in [-0.05, 0) is 31.2 Å². The van der Waals surface area contributed by atoms with Gasteiger partial charge in [-0.25, -0.2) is 4.98 Å². The van der Waals surface area contributed by atoms with Gasteiger partial charge in [0.2, 0.25) is 0 Å². The van der Waals surface area contributed by atoms with Crippen molar-refractivity contribution >= 4 is 17.2 Å². The lowest BCUT2D eigenvalue weighted by molar-refractivity contribution is 0.0949. The third-order valence-electron chi connectivity index (χ3n) is 3.19. The number of carbonyl (C=O) groups excluding carboxylic acids is 1. The Hall–Kier alpha value is -1.69. The Morgan fingerprint density at radius 1 is 1.44 bits per heavy atom. The number of aromatic nitrogens is 3. The van der Waals surface area contributed by atoms with Crippen LogP contribution in [-0.2, 0) is 19.4 Å². The minimum atomic E-state index is -0.00852. The average molecular weight is 262 g/mol. The number of aryl methyl sites for hydroxylation is 1. The van der Waals surface area contributed by atoms with Crippen molar-refractivity contribution in [2.45, 2.75) is 32.2 Å². The summed E-state index contributed by atoms with van der Waals surface area (Å²) >= 11 is 1.71. The zero-order valence-electron chi connectivity index (χ0n) is 9.90. The van der Waals surface area contributed by atoms with E-state index < -0.39 is 0 Å². The molecule has 0 aliphatic heterocycles. The van der Waals surface area contributed by atoms with Crippen LogP contribution in [0.15, 0.2) is 11.7 Å². The maximum atomic E-state index is 12.1. The average Bonchev–Trinajstić information content (AvgIpc) is 3.05. The van der Waals surface area contributed by atoms with Gasteiger partial charge in [-0.15, -0.1) is 11.3 Å². The molecule has 1 amide bonds. The van der Waals surface area contributed by atoms with E-state index in [2.05, 4.69) is 20.5 Å². The summed E-state index contributed by atoms with van der Waals surface area (Å²) in [6.45, 7) is 0.392. The first-order valence-electron chi connectivity index (χ1n) is 6.06. The number of carbonyl (C=O) groups is 1. The highest BCUT2D eigenvalue weighted by atomic mass is 32.1. The maximum Gasteiger partial charge on any atom is 0.252 e. The second-order valence-corrected chi connectivity index (χ2v) is 5.34. The lowest BCUT2D eigenvalue weighted by Crippen LogP contribution is -2.24. The normalized spacial score (nSPS) is 14.2. The minimum Gasteiger partial charge on any atom is -0.345 e. The highest BCUT2D eigenvalue weighted by Crippen LogP contribution is 2.30. The van der Waals surface area contributed by atoms with Crippen molar-refractivity contribution in [3.05, 3.63) is 33.5 Å². The van der Waals surface area contributed by atoms with E-state index in [4.69, 9.17) is 0 Å². The summed E-state index contributed by atoms with van der Waals surface area (Å²) in [5.41, 5.74) is 2.09. The third-order valence-corrected chi connectivity index (χ3v) is 4.28. The molecule has 94 valence electrons. The maximum absolute atomic E-state index is 12.1. The zero-order valence-corrected chi connectivity index (χ0v) is 10.7. The molecule has 2 N–H and O–H groups in total. The number of hydrogen-bond donors (Lipinski definition) is 2. The smallest absolute Gasteiger partial charge is 0.252 e. The standard InChI is InChI=1S/C12H14N4OS/c17-12(13-5-11-14-7-15-16-11)9-6-18-10-4-2-1-3-8(9)10/h6-7H,1-5H2,(H,13,17)(H,14,15,16). The largest absolute Gasteiger partial charge is 0.345 e. The van der Waals surface area contributed by atoms with E-state index in [0.717, 1.165) is 18.4 Å². The molecule has 2 heterocycles. The quantitative estimate of drug-likeness (QED) is 0.884. The Labute approximate surface area is 109 Å². The molecule has 0 spiro atoms. The Bertz CT molecular complexity index is 546. The molecular formula is C12H14N4OS. The van der Waals surface area contributed by atoms with Crippen molar-refractivity contribution in [3.8, 4) is 0 Å². The Morgan fingerprint density at radius 2 is 2.33 bits per heavy atom. The van der Waals surface area contributed by atoms with Crippen LogP contribution in [0, 0.1) is 0 Å². The van der Waals surface area contributed by atoms with E-state index in [9.17, 15) is 4.79 Å². The van der Waals surface area contributed by atoms with Crippen molar-refractivity contribution in [2.75, 3.05) is 0 Å². The molecular weight excluding hydrogens is 248 g/mol. The van der Waals surface area contributed by atoms with Crippen LogP contribution < -0.4 is 5.32 Å². The molecule has 5 nitrogen and oxygen atoms in total. The topological polar surface area (TPSA) is 70.7 Å². The number of nitrogens with zero attached hydrogens (tertiary/aromatic N) is 2. The van der Waals surface area contributed by atoms with E-state index in [-0.39, 0.29) is 5.91 Å². The molecule has 3 rings (SSSR count). The van der Waals surface area contributed by atoms with Crippen LogP contribution in [0.2, 0.25) is 0 Å². The second kappa shape index (κ2) is 4.89. The molecule has 0 atom stereocenters. The van der Waals surface area contributed by atoms with Crippen LogP contribution in [0.25, 0.3) is 0 Å². The fraction of sp³-hybridized carbons (Fsp3) is 0.417. The molecule has 0 saturated heterocycles. The number of nitrogens with one attached hydrogen (secondary N) is 2. The van der Waals surface area contributed by atoms with E-state index in [1.165, 1.54) is 29.6 Å². The number of hydrogen-bond acceptors (Lipinski definition) is 4. The van der Waals surface area contributed by atoms with Gasteiger partial charge < -0.3 is 5.32 Å². The molecule has 0 saturated carbocycles. The molecule has 1 aliphatic carbocycles. The van der Waals surface area contributed by atoms with Crippen molar-refractivity contribution in [1.82, 2.24) is 20.5 Å². The van der Waals surface area contributed by atoms with Gasteiger partial charge >= 0.3 is 0 Å². The van der Waals surface area contributed by atoms with E-state index in [0.29, 0.717) is 12.4 Å². The molecule has 1 aliphatic rings. The summed E-state index contributed by atoms with van der Waals surface area (Å²) in [7, 11) is 0. The van der Waals surface area contributed by atoms with Gasteiger partial charge in [-0.1, -0.05) is 0 Å². The number of aromatic amines is 1. The number of thiophene rings is 1. The Morgan fingerprint density at radius 3 is 3.17 bits per heavy atom. The molecule has 18 heavy (non-hydrogen) atoms. The summed E-state index contributed by atoms with van der Waals surface area (Å²) < 4.78 is 0. The first-order valence-corrected chi connectivity index (χ1v) is 6.94. The van der Waals surface area contributed by atoms with Crippen LogP contribution >= 0.6 is 11.3 Å². The lowest BCUT2D eigenvalue weighted by Gasteiger charge is -2.12. The summed E-state index contributed by atoms with van der Waals surface area (Å²) in [6.07, 6.45) is 6.02. The third kappa shape index (κ3) is 2.15. The highest BCUT2D eigenvalue weighted by Gasteiger charge is 2.19. The van der Waals surface area contributed by atoms with Crippen LogP contribution in [0.5, 0.6) is 0 Å². The molecule has 0 bridgehead atoms. The van der Waals surface area contributed by atoms with Crippen molar-refractivity contribution < 1.29 is 4.79 Å². The monoisotopic (exact) mass is 262 g/mol. The molecule has 2 aromatic heterocycles. The Kier molecular flexibility index (Phi) is 3.10. The van der Waals surface area contributed by atoms with Crippen LogP contribution in [0.4, 0.5) is 0 Å². The summed E-state index contributed by atoms with van der Waals surface area (Å²) in [4.78, 5) is 17.5. The fourth-order valence-electron chi connectivity index (χ4n) is 2.26. The minimum absolute atomic E-state index is 0.00852. The number of amides is 1. The van der Waals surface area contributed by atoms with Gasteiger partial charge in [0, 0.05) is 10.3 Å². The molecule has 6 heteroatoms. The molecule has 0 aromatic carbocycles. The van der Waals surface area contributed by atoms with Gasteiger partial charge in [0.05, 0.1) is 12.1 Å². The van der Waals surface area contributed by atoms with Crippen molar-refractivity contribution in [1.29, 1.82) is 0 Å². The highest BCUT2D eigenvalue weighted by molar-refractivity contribution is 7.10. The van der Waals surface area contributed by atoms with E-state index in [1.807, 2.05) is 5.38 Å². The SMILES string of the molecule is O=C(NCc1ncn[nH]1)c1csc2c1CCCC2. The second-order valence-electron chi connectivity index (χ2n) is 4.37. The van der Waals surface area contributed by atoms with Gasteiger partial charge in [-0.3, -0.25) is 9.89 Å². The van der Waals surface area contributed by atoms with Gasteiger partial charge in [0.15, 0.2) is 0 Å².